The molecule has 0 aliphatic carbocycles. The third-order valence-corrected chi connectivity index (χ3v) is 3.58. The number of carbonyl (C=O) groups is 1. The number of likely N-dealkylation sites (tertiary alicyclic amines) is 1. The standard InChI is InChI=1S/C17H18N2O2/c20-17(9-8-16-7-4-12-21-16)19-11-10-15(13-19)18-14-5-2-1-3-6-14/h1-9,12,15,18H,10-11,13H2/b9-8-/t15-/m0/s1. The SMILES string of the molecule is O=C(/C=C\c1ccco1)N1CC[C@H](Nc2ccccc2)C1. The topological polar surface area (TPSA) is 45.5 Å². The Balaban J connectivity index is 1.53. The second-order valence-corrected chi connectivity index (χ2v) is 5.13. The summed E-state index contributed by atoms with van der Waals surface area (Å²) in [6, 6.07) is 14.0. The first-order chi connectivity index (χ1) is 10.3. The molecular formula is C17H18N2O2. The molecule has 1 atom stereocenters. The van der Waals surface area contributed by atoms with Crippen LogP contribution in [0.4, 0.5) is 5.69 Å². The third kappa shape index (κ3) is 3.54. The minimum atomic E-state index is 0.0313. The molecule has 1 aromatic heterocycles. The summed E-state index contributed by atoms with van der Waals surface area (Å²) < 4.78 is 5.18. The average Bonchev–Trinajstić information content (AvgIpc) is 3.17. The summed E-state index contributed by atoms with van der Waals surface area (Å²) >= 11 is 0. The Kier molecular flexibility index (Phi) is 4.05. The second kappa shape index (κ2) is 6.31. The van der Waals surface area contributed by atoms with Crippen LogP contribution in [0.1, 0.15) is 12.2 Å². The normalized spacial score (nSPS) is 18.3. The predicted octanol–water partition coefficient (Wildman–Crippen LogP) is 3.01. The van der Waals surface area contributed by atoms with Crippen molar-refractivity contribution in [1.82, 2.24) is 4.90 Å². The van der Waals surface area contributed by atoms with E-state index in [1.807, 2.05) is 41.3 Å². The molecule has 1 N–H and O–H groups in total. The van der Waals surface area contributed by atoms with Crippen molar-refractivity contribution in [3.63, 3.8) is 0 Å². The van der Waals surface area contributed by atoms with Crippen LogP contribution >= 0.6 is 0 Å². The molecule has 0 bridgehead atoms. The summed E-state index contributed by atoms with van der Waals surface area (Å²) in [7, 11) is 0. The van der Waals surface area contributed by atoms with Crippen molar-refractivity contribution in [2.75, 3.05) is 18.4 Å². The summed E-state index contributed by atoms with van der Waals surface area (Å²) in [6.45, 7) is 1.52. The number of hydrogen-bond acceptors (Lipinski definition) is 3. The molecule has 2 aromatic rings. The fourth-order valence-electron chi connectivity index (χ4n) is 2.49. The van der Waals surface area contributed by atoms with Gasteiger partial charge in [-0.05, 0) is 36.8 Å². The van der Waals surface area contributed by atoms with Crippen molar-refractivity contribution in [2.24, 2.45) is 0 Å². The molecule has 1 fully saturated rings. The number of benzene rings is 1. The summed E-state index contributed by atoms with van der Waals surface area (Å²) in [5, 5.41) is 3.46. The Morgan fingerprint density at radius 1 is 1.24 bits per heavy atom. The van der Waals surface area contributed by atoms with Crippen molar-refractivity contribution < 1.29 is 9.21 Å². The van der Waals surface area contributed by atoms with Crippen LogP contribution in [0.2, 0.25) is 0 Å². The van der Waals surface area contributed by atoms with Crippen molar-refractivity contribution in [2.45, 2.75) is 12.5 Å². The fourth-order valence-corrected chi connectivity index (χ4v) is 2.49. The highest BCUT2D eigenvalue weighted by atomic mass is 16.3. The number of rotatable bonds is 4. The zero-order chi connectivity index (χ0) is 14.5. The van der Waals surface area contributed by atoms with Gasteiger partial charge in [0.1, 0.15) is 5.76 Å². The van der Waals surface area contributed by atoms with Gasteiger partial charge in [-0.1, -0.05) is 18.2 Å². The summed E-state index contributed by atoms with van der Waals surface area (Å²) in [5.41, 5.74) is 1.10. The minimum absolute atomic E-state index is 0.0313. The number of carbonyl (C=O) groups excluding carboxylic acids is 1. The monoisotopic (exact) mass is 282 g/mol. The first kappa shape index (κ1) is 13.5. The molecule has 0 spiro atoms. The smallest absolute Gasteiger partial charge is 0.246 e. The highest BCUT2D eigenvalue weighted by Crippen LogP contribution is 2.16. The molecule has 2 heterocycles. The largest absolute Gasteiger partial charge is 0.465 e. The number of nitrogens with zero attached hydrogens (tertiary/aromatic N) is 1. The van der Waals surface area contributed by atoms with Crippen LogP contribution in [0.25, 0.3) is 6.08 Å². The van der Waals surface area contributed by atoms with E-state index in [0.717, 1.165) is 25.2 Å². The quantitative estimate of drug-likeness (QED) is 0.877. The van der Waals surface area contributed by atoms with E-state index in [-0.39, 0.29) is 5.91 Å². The molecule has 0 radical (unpaired) electrons. The van der Waals surface area contributed by atoms with Gasteiger partial charge in [0.15, 0.2) is 0 Å². The molecule has 4 nitrogen and oxygen atoms in total. The van der Waals surface area contributed by atoms with Crippen molar-refractivity contribution in [3.05, 3.63) is 60.6 Å². The van der Waals surface area contributed by atoms with Gasteiger partial charge >= 0.3 is 0 Å². The third-order valence-electron chi connectivity index (χ3n) is 3.58. The predicted molar refractivity (Wildman–Crippen MR) is 82.8 cm³/mol. The van der Waals surface area contributed by atoms with Crippen molar-refractivity contribution in [3.8, 4) is 0 Å². The van der Waals surface area contributed by atoms with Crippen LogP contribution in [-0.2, 0) is 4.79 Å². The maximum absolute atomic E-state index is 12.1. The molecule has 108 valence electrons. The Morgan fingerprint density at radius 2 is 2.10 bits per heavy atom. The van der Waals surface area contributed by atoms with E-state index >= 15 is 0 Å². The van der Waals surface area contributed by atoms with Crippen molar-refractivity contribution >= 4 is 17.7 Å². The van der Waals surface area contributed by atoms with Crippen LogP contribution in [0.3, 0.4) is 0 Å². The second-order valence-electron chi connectivity index (χ2n) is 5.13. The number of nitrogens with one attached hydrogen (secondary N) is 1. The number of anilines is 1. The average molecular weight is 282 g/mol. The maximum Gasteiger partial charge on any atom is 0.246 e. The van der Waals surface area contributed by atoms with E-state index in [2.05, 4.69) is 5.32 Å². The van der Waals surface area contributed by atoms with Crippen LogP contribution in [-0.4, -0.2) is 29.9 Å². The zero-order valence-electron chi connectivity index (χ0n) is 11.7. The lowest BCUT2D eigenvalue weighted by molar-refractivity contribution is -0.124. The van der Waals surface area contributed by atoms with Crippen LogP contribution < -0.4 is 5.32 Å². The molecule has 1 aliphatic rings. The molecule has 4 heteroatoms. The van der Waals surface area contributed by atoms with Gasteiger partial charge in [0.25, 0.3) is 0 Å². The molecule has 0 unspecified atom stereocenters. The maximum atomic E-state index is 12.1. The molecule has 1 amide bonds. The van der Waals surface area contributed by atoms with Crippen LogP contribution in [0.5, 0.6) is 0 Å². The van der Waals surface area contributed by atoms with Crippen LogP contribution in [0.15, 0.2) is 59.2 Å². The zero-order valence-corrected chi connectivity index (χ0v) is 11.7. The van der Waals surface area contributed by atoms with Gasteiger partial charge in [0, 0.05) is 30.9 Å². The molecule has 3 rings (SSSR count). The summed E-state index contributed by atoms with van der Waals surface area (Å²) in [4.78, 5) is 14.0. The van der Waals surface area contributed by atoms with E-state index in [0.29, 0.717) is 11.8 Å². The number of hydrogen-bond donors (Lipinski definition) is 1. The Labute approximate surface area is 124 Å². The van der Waals surface area contributed by atoms with Crippen LogP contribution in [0, 0.1) is 0 Å². The van der Waals surface area contributed by atoms with Gasteiger partial charge in [-0.15, -0.1) is 0 Å². The molecule has 1 aliphatic heterocycles. The van der Waals surface area contributed by atoms with E-state index < -0.39 is 0 Å². The molecule has 1 aromatic carbocycles. The minimum Gasteiger partial charge on any atom is -0.465 e. The van der Waals surface area contributed by atoms with E-state index in [1.165, 1.54) is 0 Å². The number of para-hydroxylation sites is 1. The fraction of sp³-hybridized carbons (Fsp3) is 0.235. The van der Waals surface area contributed by atoms with Gasteiger partial charge in [-0.25, -0.2) is 0 Å². The lowest BCUT2D eigenvalue weighted by Gasteiger charge is -2.16. The molecule has 0 saturated carbocycles. The number of furan rings is 1. The van der Waals surface area contributed by atoms with Gasteiger partial charge in [0.05, 0.1) is 6.26 Å². The Bertz CT molecular complexity index is 605. The number of amides is 1. The molecule has 1 saturated heterocycles. The van der Waals surface area contributed by atoms with Crippen molar-refractivity contribution in [1.29, 1.82) is 0 Å². The summed E-state index contributed by atoms with van der Waals surface area (Å²) in [6.07, 6.45) is 5.85. The Hall–Kier alpha value is -2.49. The molecular weight excluding hydrogens is 264 g/mol. The Morgan fingerprint density at radius 3 is 2.86 bits per heavy atom. The van der Waals surface area contributed by atoms with E-state index in [4.69, 9.17) is 4.42 Å². The summed E-state index contributed by atoms with van der Waals surface area (Å²) in [5.74, 6) is 0.727. The first-order valence-electron chi connectivity index (χ1n) is 7.13. The first-order valence-corrected chi connectivity index (χ1v) is 7.13. The van der Waals surface area contributed by atoms with Gasteiger partial charge in [-0.2, -0.15) is 0 Å². The van der Waals surface area contributed by atoms with E-state index in [1.54, 1.807) is 24.5 Å². The molecule has 21 heavy (non-hydrogen) atoms. The van der Waals surface area contributed by atoms with Gasteiger partial charge in [0.2, 0.25) is 5.91 Å². The lowest BCUT2D eigenvalue weighted by atomic mass is 10.2. The van der Waals surface area contributed by atoms with Gasteiger partial charge in [-0.3, -0.25) is 4.79 Å². The highest BCUT2D eigenvalue weighted by Gasteiger charge is 2.24. The highest BCUT2D eigenvalue weighted by molar-refractivity contribution is 5.91. The van der Waals surface area contributed by atoms with Gasteiger partial charge < -0.3 is 14.6 Å². The van der Waals surface area contributed by atoms with E-state index in [9.17, 15) is 4.79 Å². The lowest BCUT2D eigenvalue weighted by Crippen LogP contribution is -2.30.